The predicted octanol–water partition coefficient (Wildman–Crippen LogP) is 1.43. The van der Waals surface area contributed by atoms with Crippen LogP contribution in [0, 0.1) is 0 Å². The number of nitrogen functional groups attached to an aromatic ring is 1. The number of aromatic amines is 1. The number of aliphatic hydroxyl groups is 1. The molecule has 2 aromatic rings. The van der Waals surface area contributed by atoms with Gasteiger partial charge in [0.25, 0.3) is 5.91 Å². The van der Waals surface area contributed by atoms with Gasteiger partial charge in [-0.3, -0.25) is 9.89 Å². The van der Waals surface area contributed by atoms with Gasteiger partial charge in [0.2, 0.25) is 0 Å². The van der Waals surface area contributed by atoms with Gasteiger partial charge < -0.3 is 16.2 Å². The lowest BCUT2D eigenvalue weighted by Crippen LogP contribution is -2.25. The van der Waals surface area contributed by atoms with Crippen molar-refractivity contribution >= 4 is 22.5 Å². The molecule has 0 radical (unpaired) electrons. The second-order valence-electron chi connectivity index (χ2n) is 4.77. The van der Waals surface area contributed by atoms with Gasteiger partial charge in [0.15, 0.2) is 5.69 Å². The Morgan fingerprint density at radius 3 is 2.90 bits per heavy atom. The summed E-state index contributed by atoms with van der Waals surface area (Å²) in [6.45, 7) is 0.841. The van der Waals surface area contributed by atoms with Crippen LogP contribution in [-0.4, -0.2) is 34.4 Å². The van der Waals surface area contributed by atoms with Crippen LogP contribution in [0.15, 0.2) is 18.2 Å². The molecule has 0 bridgehead atoms. The van der Waals surface area contributed by atoms with Crippen molar-refractivity contribution in [1.82, 2.24) is 15.5 Å². The maximum absolute atomic E-state index is 12.0. The van der Waals surface area contributed by atoms with Crippen LogP contribution in [0.4, 0.5) is 5.69 Å². The summed E-state index contributed by atoms with van der Waals surface area (Å²) in [6.07, 6.45) is 3.69. The maximum Gasteiger partial charge on any atom is 0.272 e. The van der Waals surface area contributed by atoms with Crippen molar-refractivity contribution in [3.8, 4) is 0 Å². The minimum Gasteiger partial charge on any atom is -0.399 e. The lowest BCUT2D eigenvalue weighted by Gasteiger charge is -2.03. The number of benzene rings is 1. The van der Waals surface area contributed by atoms with E-state index in [9.17, 15) is 4.79 Å². The number of nitrogens with one attached hydrogen (secondary N) is 2. The van der Waals surface area contributed by atoms with Gasteiger partial charge >= 0.3 is 0 Å². The third-order valence-electron chi connectivity index (χ3n) is 3.17. The van der Waals surface area contributed by atoms with E-state index in [0.29, 0.717) is 17.9 Å². The van der Waals surface area contributed by atoms with Crippen LogP contribution in [-0.2, 0) is 0 Å². The van der Waals surface area contributed by atoms with E-state index in [-0.39, 0.29) is 12.5 Å². The molecule has 0 aliphatic heterocycles. The van der Waals surface area contributed by atoms with Crippen molar-refractivity contribution in [2.45, 2.75) is 25.7 Å². The summed E-state index contributed by atoms with van der Waals surface area (Å²) in [5.41, 5.74) is 7.51. The molecule has 0 aliphatic rings. The molecule has 1 heterocycles. The van der Waals surface area contributed by atoms with Gasteiger partial charge in [-0.05, 0) is 31.0 Å². The van der Waals surface area contributed by atoms with E-state index in [1.807, 2.05) is 6.07 Å². The first kappa shape index (κ1) is 14.3. The molecule has 0 fully saturated rings. The van der Waals surface area contributed by atoms with Crippen molar-refractivity contribution in [3.63, 3.8) is 0 Å². The summed E-state index contributed by atoms with van der Waals surface area (Å²) in [7, 11) is 0. The second-order valence-corrected chi connectivity index (χ2v) is 4.77. The molecule has 0 atom stereocenters. The first-order valence-corrected chi connectivity index (χ1v) is 6.85. The third kappa shape index (κ3) is 3.48. The minimum atomic E-state index is -0.191. The Balaban J connectivity index is 1.89. The summed E-state index contributed by atoms with van der Waals surface area (Å²) in [4.78, 5) is 12.0. The summed E-state index contributed by atoms with van der Waals surface area (Å²) in [6, 6.07) is 5.32. The van der Waals surface area contributed by atoms with Crippen molar-refractivity contribution in [1.29, 1.82) is 0 Å². The molecule has 2 rings (SSSR count). The largest absolute Gasteiger partial charge is 0.399 e. The Kier molecular flexibility index (Phi) is 4.95. The van der Waals surface area contributed by atoms with Gasteiger partial charge in [-0.2, -0.15) is 5.10 Å². The fourth-order valence-corrected chi connectivity index (χ4v) is 2.08. The maximum atomic E-state index is 12.0. The molecule has 1 amide bonds. The molecular weight excluding hydrogens is 256 g/mol. The van der Waals surface area contributed by atoms with Crippen LogP contribution in [0.1, 0.15) is 36.2 Å². The fourth-order valence-electron chi connectivity index (χ4n) is 2.08. The van der Waals surface area contributed by atoms with Crippen LogP contribution in [0.3, 0.4) is 0 Å². The van der Waals surface area contributed by atoms with Gasteiger partial charge in [-0.15, -0.1) is 0 Å². The van der Waals surface area contributed by atoms with E-state index in [0.717, 1.165) is 36.6 Å². The van der Waals surface area contributed by atoms with Gasteiger partial charge in [-0.25, -0.2) is 0 Å². The standard InChI is InChI=1S/C14H20N4O2/c15-10-5-6-12-11(9-10)13(18-17-12)14(20)16-7-3-1-2-4-8-19/h5-6,9,19H,1-4,7-8,15H2,(H,16,20)(H,17,18). The average molecular weight is 276 g/mol. The quantitative estimate of drug-likeness (QED) is 0.453. The number of hydrogen-bond donors (Lipinski definition) is 4. The zero-order valence-corrected chi connectivity index (χ0v) is 11.4. The number of rotatable bonds is 7. The molecular formula is C14H20N4O2. The fraction of sp³-hybridized carbons (Fsp3) is 0.429. The van der Waals surface area contributed by atoms with Crippen molar-refractivity contribution in [2.24, 2.45) is 0 Å². The number of hydrogen-bond acceptors (Lipinski definition) is 4. The average Bonchev–Trinajstić information content (AvgIpc) is 2.85. The Labute approximate surface area is 117 Å². The topological polar surface area (TPSA) is 104 Å². The first-order valence-electron chi connectivity index (χ1n) is 6.85. The highest BCUT2D eigenvalue weighted by Crippen LogP contribution is 2.18. The SMILES string of the molecule is Nc1ccc2[nH]nc(C(=O)NCCCCCCO)c2c1. The lowest BCUT2D eigenvalue weighted by molar-refractivity contribution is 0.0949. The molecule has 0 aliphatic carbocycles. The highest BCUT2D eigenvalue weighted by atomic mass is 16.2. The van der Waals surface area contributed by atoms with E-state index < -0.39 is 0 Å². The molecule has 6 nitrogen and oxygen atoms in total. The molecule has 0 saturated carbocycles. The predicted molar refractivity (Wildman–Crippen MR) is 78.4 cm³/mol. The summed E-state index contributed by atoms with van der Waals surface area (Å²) < 4.78 is 0. The highest BCUT2D eigenvalue weighted by Gasteiger charge is 2.13. The molecule has 0 spiro atoms. The number of nitrogens with two attached hydrogens (primary N) is 1. The number of aromatic nitrogens is 2. The lowest BCUT2D eigenvalue weighted by atomic mass is 10.1. The van der Waals surface area contributed by atoms with E-state index in [2.05, 4.69) is 15.5 Å². The molecule has 5 N–H and O–H groups in total. The van der Waals surface area contributed by atoms with Crippen LogP contribution in [0.5, 0.6) is 0 Å². The van der Waals surface area contributed by atoms with Gasteiger partial charge in [-0.1, -0.05) is 12.8 Å². The van der Waals surface area contributed by atoms with E-state index >= 15 is 0 Å². The van der Waals surface area contributed by atoms with Crippen LogP contribution >= 0.6 is 0 Å². The minimum absolute atomic E-state index is 0.191. The zero-order valence-electron chi connectivity index (χ0n) is 11.4. The number of aliphatic hydroxyl groups excluding tert-OH is 1. The molecule has 20 heavy (non-hydrogen) atoms. The molecule has 1 aromatic carbocycles. The van der Waals surface area contributed by atoms with Crippen LogP contribution in [0.25, 0.3) is 10.9 Å². The van der Waals surface area contributed by atoms with E-state index in [1.165, 1.54) is 0 Å². The second kappa shape index (κ2) is 6.91. The van der Waals surface area contributed by atoms with Gasteiger partial charge in [0, 0.05) is 24.2 Å². The van der Waals surface area contributed by atoms with E-state index in [1.54, 1.807) is 12.1 Å². The number of H-pyrrole nitrogens is 1. The monoisotopic (exact) mass is 276 g/mol. The van der Waals surface area contributed by atoms with Crippen LogP contribution < -0.4 is 11.1 Å². The molecule has 6 heteroatoms. The smallest absolute Gasteiger partial charge is 0.272 e. The van der Waals surface area contributed by atoms with E-state index in [4.69, 9.17) is 10.8 Å². The van der Waals surface area contributed by atoms with Crippen molar-refractivity contribution in [2.75, 3.05) is 18.9 Å². The number of fused-ring (bicyclic) bond motifs is 1. The number of carbonyl (C=O) groups excluding carboxylic acids is 1. The summed E-state index contributed by atoms with van der Waals surface area (Å²) in [5, 5.41) is 19.1. The molecule has 0 unspecified atom stereocenters. The van der Waals surface area contributed by atoms with Crippen LogP contribution in [0.2, 0.25) is 0 Å². The molecule has 0 saturated heterocycles. The number of carbonyl (C=O) groups is 1. The summed E-state index contributed by atoms with van der Waals surface area (Å²) >= 11 is 0. The number of nitrogens with zero attached hydrogens (tertiary/aromatic N) is 1. The summed E-state index contributed by atoms with van der Waals surface area (Å²) in [5.74, 6) is -0.191. The third-order valence-corrected chi connectivity index (χ3v) is 3.17. The Bertz CT molecular complexity index is 580. The van der Waals surface area contributed by atoms with Gasteiger partial charge in [0.05, 0.1) is 5.52 Å². The normalized spacial score (nSPS) is 10.8. The Morgan fingerprint density at radius 1 is 1.30 bits per heavy atom. The Hall–Kier alpha value is -2.08. The molecule has 1 aromatic heterocycles. The number of amides is 1. The number of anilines is 1. The van der Waals surface area contributed by atoms with Crippen molar-refractivity contribution < 1.29 is 9.90 Å². The number of unbranched alkanes of at least 4 members (excludes halogenated alkanes) is 3. The molecule has 108 valence electrons. The highest BCUT2D eigenvalue weighted by molar-refractivity contribution is 6.05. The first-order chi connectivity index (χ1) is 9.72. The zero-order chi connectivity index (χ0) is 14.4. The Morgan fingerprint density at radius 2 is 2.10 bits per heavy atom. The van der Waals surface area contributed by atoms with Crippen molar-refractivity contribution in [3.05, 3.63) is 23.9 Å². The van der Waals surface area contributed by atoms with Gasteiger partial charge in [0.1, 0.15) is 0 Å².